The van der Waals surface area contributed by atoms with Gasteiger partial charge in [-0.25, -0.2) is 4.72 Å². The Morgan fingerprint density at radius 2 is 2.10 bits per heavy atom. The standard InChI is InChI=1S/C13H21N3O3S/c17-11-13-3-1-2-10-16(13)20(18,19)15-9-6-12-4-7-14-8-5-12/h4-5,7-8,13,15,17H,1-3,6,9-11H2. The van der Waals surface area contributed by atoms with Gasteiger partial charge >= 0.3 is 0 Å². The molecule has 2 N–H and O–H groups in total. The highest BCUT2D eigenvalue weighted by Gasteiger charge is 2.31. The van der Waals surface area contributed by atoms with Crippen LogP contribution in [0, 0.1) is 0 Å². The molecule has 112 valence electrons. The number of aromatic nitrogens is 1. The molecule has 0 spiro atoms. The first-order chi connectivity index (χ1) is 9.63. The Morgan fingerprint density at radius 3 is 2.80 bits per heavy atom. The van der Waals surface area contributed by atoms with Crippen LogP contribution in [0.15, 0.2) is 24.5 Å². The van der Waals surface area contributed by atoms with Gasteiger partial charge in [-0.2, -0.15) is 12.7 Å². The van der Waals surface area contributed by atoms with Crippen LogP contribution < -0.4 is 4.72 Å². The van der Waals surface area contributed by atoms with E-state index in [0.29, 0.717) is 19.5 Å². The molecule has 0 saturated carbocycles. The van der Waals surface area contributed by atoms with Crippen molar-refractivity contribution in [3.05, 3.63) is 30.1 Å². The fourth-order valence-electron chi connectivity index (χ4n) is 2.43. The Hall–Kier alpha value is -1.02. The average molecular weight is 299 g/mol. The molecule has 20 heavy (non-hydrogen) atoms. The number of aliphatic hydroxyl groups is 1. The maximum Gasteiger partial charge on any atom is 0.279 e. The summed E-state index contributed by atoms with van der Waals surface area (Å²) in [5, 5.41) is 9.29. The average Bonchev–Trinajstić information content (AvgIpc) is 2.48. The van der Waals surface area contributed by atoms with Gasteiger partial charge in [0.05, 0.1) is 6.61 Å². The summed E-state index contributed by atoms with van der Waals surface area (Å²) >= 11 is 0. The van der Waals surface area contributed by atoms with Crippen molar-refractivity contribution in [2.75, 3.05) is 19.7 Å². The van der Waals surface area contributed by atoms with Crippen molar-refractivity contribution < 1.29 is 13.5 Å². The lowest BCUT2D eigenvalue weighted by Crippen LogP contribution is -2.50. The van der Waals surface area contributed by atoms with E-state index < -0.39 is 10.2 Å². The lowest BCUT2D eigenvalue weighted by atomic mass is 10.1. The third kappa shape index (κ3) is 3.99. The summed E-state index contributed by atoms with van der Waals surface area (Å²) in [7, 11) is -3.51. The molecule has 2 heterocycles. The topological polar surface area (TPSA) is 82.5 Å². The zero-order chi connectivity index (χ0) is 14.4. The summed E-state index contributed by atoms with van der Waals surface area (Å²) in [6.45, 7) is 0.710. The highest BCUT2D eigenvalue weighted by molar-refractivity contribution is 7.87. The van der Waals surface area contributed by atoms with Gasteiger partial charge in [0.25, 0.3) is 10.2 Å². The molecular formula is C13H21N3O3S. The Kier molecular flexibility index (Phi) is 5.47. The second-order valence-electron chi connectivity index (χ2n) is 4.95. The highest BCUT2D eigenvalue weighted by Crippen LogP contribution is 2.19. The van der Waals surface area contributed by atoms with Crippen molar-refractivity contribution >= 4 is 10.2 Å². The number of aliphatic hydroxyl groups excluding tert-OH is 1. The van der Waals surface area contributed by atoms with Crippen molar-refractivity contribution in [1.29, 1.82) is 0 Å². The minimum Gasteiger partial charge on any atom is -0.395 e. The maximum absolute atomic E-state index is 12.2. The molecule has 0 radical (unpaired) electrons. The van der Waals surface area contributed by atoms with E-state index in [9.17, 15) is 13.5 Å². The van der Waals surface area contributed by atoms with Crippen LogP contribution in [0.25, 0.3) is 0 Å². The van der Waals surface area contributed by atoms with Crippen molar-refractivity contribution in [3.63, 3.8) is 0 Å². The fourth-order valence-corrected chi connectivity index (χ4v) is 3.89. The summed E-state index contributed by atoms with van der Waals surface area (Å²) in [4.78, 5) is 3.92. The largest absolute Gasteiger partial charge is 0.395 e. The molecule has 1 aromatic heterocycles. The SMILES string of the molecule is O=S(=O)(NCCc1ccncc1)N1CCCCC1CO. The lowest BCUT2D eigenvalue weighted by molar-refractivity contribution is 0.154. The number of hydrogen-bond acceptors (Lipinski definition) is 4. The second-order valence-corrected chi connectivity index (χ2v) is 6.66. The van der Waals surface area contributed by atoms with Gasteiger partial charge in [0.15, 0.2) is 0 Å². The van der Waals surface area contributed by atoms with E-state index in [1.807, 2.05) is 12.1 Å². The molecule has 0 bridgehead atoms. The summed E-state index contributed by atoms with van der Waals surface area (Å²) in [5.74, 6) is 0. The quantitative estimate of drug-likeness (QED) is 0.792. The van der Waals surface area contributed by atoms with Gasteiger partial charge in [-0.05, 0) is 37.0 Å². The Bertz CT molecular complexity index is 507. The number of hydrogen-bond donors (Lipinski definition) is 2. The molecule has 6 nitrogen and oxygen atoms in total. The van der Waals surface area contributed by atoms with Gasteiger partial charge in [-0.3, -0.25) is 4.98 Å². The summed E-state index contributed by atoms with van der Waals surface area (Å²) in [6, 6.07) is 3.44. The molecule has 1 aromatic rings. The number of pyridine rings is 1. The van der Waals surface area contributed by atoms with E-state index in [1.165, 1.54) is 4.31 Å². The third-order valence-electron chi connectivity index (χ3n) is 3.54. The molecule has 0 aromatic carbocycles. The molecule has 1 unspecified atom stereocenters. The van der Waals surface area contributed by atoms with Crippen molar-refractivity contribution in [2.45, 2.75) is 31.7 Å². The smallest absolute Gasteiger partial charge is 0.279 e. The first-order valence-corrected chi connectivity index (χ1v) is 8.33. The minimum atomic E-state index is -3.51. The number of piperidine rings is 1. The van der Waals surface area contributed by atoms with E-state index >= 15 is 0 Å². The number of rotatable bonds is 6. The van der Waals surface area contributed by atoms with E-state index in [1.54, 1.807) is 12.4 Å². The van der Waals surface area contributed by atoms with Gasteiger partial charge in [-0.15, -0.1) is 0 Å². The van der Waals surface area contributed by atoms with Gasteiger partial charge < -0.3 is 5.11 Å². The predicted molar refractivity (Wildman–Crippen MR) is 76.3 cm³/mol. The van der Waals surface area contributed by atoms with Gasteiger partial charge in [0.1, 0.15) is 0 Å². The van der Waals surface area contributed by atoms with Crippen LogP contribution >= 0.6 is 0 Å². The molecule has 1 atom stereocenters. The molecule has 0 amide bonds. The van der Waals surface area contributed by atoms with Gasteiger partial charge in [0, 0.05) is 31.5 Å². The summed E-state index contributed by atoms with van der Waals surface area (Å²) in [6.07, 6.45) is 6.55. The van der Waals surface area contributed by atoms with Crippen LogP contribution in [0.2, 0.25) is 0 Å². The Morgan fingerprint density at radius 1 is 1.35 bits per heavy atom. The highest BCUT2D eigenvalue weighted by atomic mass is 32.2. The van der Waals surface area contributed by atoms with Crippen LogP contribution in [0.5, 0.6) is 0 Å². The molecule has 1 fully saturated rings. The summed E-state index contributed by atoms with van der Waals surface area (Å²) < 4.78 is 28.5. The molecule has 7 heteroatoms. The molecule has 1 aliphatic heterocycles. The monoisotopic (exact) mass is 299 g/mol. The first kappa shape index (κ1) is 15.4. The Balaban J connectivity index is 1.90. The third-order valence-corrected chi connectivity index (χ3v) is 5.21. The van der Waals surface area contributed by atoms with Crippen LogP contribution in [-0.4, -0.2) is 48.6 Å². The van der Waals surface area contributed by atoms with E-state index in [2.05, 4.69) is 9.71 Å². The fraction of sp³-hybridized carbons (Fsp3) is 0.615. The zero-order valence-corrected chi connectivity index (χ0v) is 12.2. The molecular weight excluding hydrogens is 278 g/mol. The second kappa shape index (κ2) is 7.12. The normalized spacial score (nSPS) is 20.9. The number of nitrogens with zero attached hydrogens (tertiary/aromatic N) is 2. The van der Waals surface area contributed by atoms with E-state index in [4.69, 9.17) is 0 Å². The molecule has 2 rings (SSSR count). The Labute approximate surface area is 120 Å². The zero-order valence-electron chi connectivity index (χ0n) is 11.4. The van der Waals surface area contributed by atoms with Crippen LogP contribution in [0.4, 0.5) is 0 Å². The minimum absolute atomic E-state index is 0.120. The lowest BCUT2D eigenvalue weighted by Gasteiger charge is -2.33. The van der Waals surface area contributed by atoms with Gasteiger partial charge in [0.2, 0.25) is 0 Å². The van der Waals surface area contributed by atoms with Crippen LogP contribution in [0.1, 0.15) is 24.8 Å². The van der Waals surface area contributed by atoms with E-state index in [0.717, 1.165) is 24.8 Å². The van der Waals surface area contributed by atoms with Crippen molar-refractivity contribution in [2.24, 2.45) is 0 Å². The molecule has 1 aliphatic rings. The van der Waals surface area contributed by atoms with Gasteiger partial charge in [-0.1, -0.05) is 6.42 Å². The summed E-state index contributed by atoms with van der Waals surface area (Å²) in [5.41, 5.74) is 1.04. The maximum atomic E-state index is 12.2. The van der Waals surface area contributed by atoms with E-state index in [-0.39, 0.29) is 12.6 Å². The first-order valence-electron chi connectivity index (χ1n) is 6.89. The van der Waals surface area contributed by atoms with Crippen molar-refractivity contribution in [1.82, 2.24) is 14.0 Å². The number of nitrogens with one attached hydrogen (secondary N) is 1. The van der Waals surface area contributed by atoms with Crippen LogP contribution in [0.3, 0.4) is 0 Å². The molecule has 1 saturated heterocycles. The molecule has 0 aliphatic carbocycles. The van der Waals surface area contributed by atoms with Crippen LogP contribution in [-0.2, 0) is 16.6 Å². The predicted octanol–water partition coefficient (Wildman–Crippen LogP) is 0.305. The van der Waals surface area contributed by atoms with Crippen molar-refractivity contribution in [3.8, 4) is 0 Å².